The first kappa shape index (κ1) is 14.6. The average Bonchev–Trinajstić information content (AvgIpc) is 3.01. The molecule has 0 unspecified atom stereocenters. The first-order chi connectivity index (χ1) is 11.5. The minimum Gasteiger partial charge on any atom is -0.287 e. The van der Waals surface area contributed by atoms with Gasteiger partial charge < -0.3 is 0 Å². The molecular formula is C16H13N5O2S. The van der Waals surface area contributed by atoms with E-state index in [9.17, 15) is 8.42 Å². The van der Waals surface area contributed by atoms with Crippen LogP contribution in [0.15, 0.2) is 60.0 Å². The molecule has 0 saturated heterocycles. The summed E-state index contributed by atoms with van der Waals surface area (Å²) in [7, 11) is -3.77. The third kappa shape index (κ3) is 2.37. The molecule has 0 radical (unpaired) electrons. The van der Waals surface area contributed by atoms with E-state index in [1.807, 2.05) is 6.07 Å². The molecule has 120 valence electrons. The molecule has 8 heteroatoms. The molecule has 0 aliphatic rings. The van der Waals surface area contributed by atoms with E-state index < -0.39 is 10.0 Å². The Kier molecular flexibility index (Phi) is 3.20. The van der Waals surface area contributed by atoms with E-state index in [2.05, 4.69) is 19.9 Å². The highest BCUT2D eigenvalue weighted by Crippen LogP contribution is 2.27. The Hall–Kier alpha value is -3.00. The lowest BCUT2D eigenvalue weighted by atomic mass is 10.1. The van der Waals surface area contributed by atoms with Crippen molar-refractivity contribution in [1.29, 1.82) is 0 Å². The van der Waals surface area contributed by atoms with Crippen molar-refractivity contribution in [3.63, 3.8) is 0 Å². The van der Waals surface area contributed by atoms with Crippen molar-refractivity contribution in [3.05, 3.63) is 60.7 Å². The Bertz CT molecular complexity index is 1170. The summed E-state index contributed by atoms with van der Waals surface area (Å²) in [5.41, 5.74) is 2.37. The fourth-order valence-electron chi connectivity index (χ4n) is 2.69. The third-order valence-corrected chi connectivity index (χ3v) is 5.33. The summed E-state index contributed by atoms with van der Waals surface area (Å²) >= 11 is 0. The van der Waals surface area contributed by atoms with E-state index in [0.717, 1.165) is 0 Å². The van der Waals surface area contributed by atoms with Crippen LogP contribution in [-0.2, 0) is 10.0 Å². The molecule has 0 aliphatic heterocycles. The van der Waals surface area contributed by atoms with Crippen LogP contribution < -0.4 is 4.72 Å². The smallest absolute Gasteiger partial charge is 0.262 e. The van der Waals surface area contributed by atoms with Crippen LogP contribution in [0.2, 0.25) is 0 Å². The summed E-state index contributed by atoms with van der Waals surface area (Å²) in [6, 6.07) is 10.4. The molecule has 1 aromatic carbocycles. The number of hydrogen-bond donors (Lipinski definition) is 1. The fourth-order valence-corrected chi connectivity index (χ4v) is 4.17. The van der Waals surface area contributed by atoms with Crippen molar-refractivity contribution >= 4 is 32.3 Å². The molecule has 0 saturated carbocycles. The molecular weight excluding hydrogens is 326 g/mol. The van der Waals surface area contributed by atoms with Gasteiger partial charge in [0.25, 0.3) is 10.0 Å². The van der Waals surface area contributed by atoms with Crippen molar-refractivity contribution in [2.45, 2.75) is 11.8 Å². The number of pyridine rings is 2. The van der Waals surface area contributed by atoms with Crippen molar-refractivity contribution in [3.8, 4) is 0 Å². The van der Waals surface area contributed by atoms with Gasteiger partial charge in [-0.15, -0.1) is 10.2 Å². The monoisotopic (exact) mass is 339 g/mol. The Morgan fingerprint density at radius 2 is 2.00 bits per heavy atom. The fraction of sp³-hybridized carbons (Fsp3) is 0.0625. The van der Waals surface area contributed by atoms with Crippen molar-refractivity contribution in [1.82, 2.24) is 19.6 Å². The number of benzene rings is 1. The van der Waals surface area contributed by atoms with E-state index in [-0.39, 0.29) is 4.90 Å². The summed E-state index contributed by atoms with van der Waals surface area (Å²) in [6.07, 6.45) is 4.79. The molecule has 0 spiro atoms. The predicted octanol–water partition coefficient (Wildman–Crippen LogP) is 2.39. The van der Waals surface area contributed by atoms with Crippen LogP contribution in [0.3, 0.4) is 0 Å². The van der Waals surface area contributed by atoms with Gasteiger partial charge in [0.2, 0.25) is 0 Å². The normalized spacial score (nSPS) is 11.9. The Balaban J connectivity index is 1.84. The summed E-state index contributed by atoms with van der Waals surface area (Å²) in [6.45, 7) is 1.77. The molecule has 0 amide bonds. The van der Waals surface area contributed by atoms with Gasteiger partial charge in [0.15, 0.2) is 5.65 Å². The maximum absolute atomic E-state index is 12.9. The number of nitrogens with one attached hydrogen (secondary N) is 1. The highest BCUT2D eigenvalue weighted by Gasteiger charge is 2.20. The molecule has 24 heavy (non-hydrogen) atoms. The molecule has 0 bridgehead atoms. The number of aromatic nitrogens is 4. The molecule has 0 fully saturated rings. The van der Waals surface area contributed by atoms with Crippen LogP contribution in [0.5, 0.6) is 0 Å². The zero-order valence-corrected chi connectivity index (χ0v) is 13.5. The zero-order valence-electron chi connectivity index (χ0n) is 12.7. The van der Waals surface area contributed by atoms with E-state index in [0.29, 0.717) is 27.8 Å². The van der Waals surface area contributed by atoms with Gasteiger partial charge in [0, 0.05) is 17.8 Å². The molecule has 3 heterocycles. The number of nitrogens with zero attached hydrogens (tertiary/aromatic N) is 4. The first-order valence-corrected chi connectivity index (χ1v) is 8.69. The lowest BCUT2D eigenvalue weighted by Gasteiger charge is -2.13. The summed E-state index contributed by atoms with van der Waals surface area (Å²) in [5.74, 6) is 0. The van der Waals surface area contributed by atoms with E-state index in [1.165, 1.54) is 6.33 Å². The molecule has 3 aromatic heterocycles. The summed E-state index contributed by atoms with van der Waals surface area (Å²) in [5, 5.41) is 8.27. The molecule has 7 nitrogen and oxygen atoms in total. The first-order valence-electron chi connectivity index (χ1n) is 7.21. The lowest BCUT2D eigenvalue weighted by Crippen LogP contribution is -2.15. The second kappa shape index (κ2) is 5.27. The van der Waals surface area contributed by atoms with Crippen LogP contribution in [0, 0.1) is 6.92 Å². The van der Waals surface area contributed by atoms with Gasteiger partial charge in [-0.05, 0) is 42.8 Å². The van der Waals surface area contributed by atoms with E-state index in [1.54, 1.807) is 54.0 Å². The number of aryl methyl sites for hydroxylation is 1. The lowest BCUT2D eigenvalue weighted by molar-refractivity contribution is 0.601. The number of anilines is 1. The van der Waals surface area contributed by atoms with Crippen LogP contribution in [-0.4, -0.2) is 28.0 Å². The quantitative estimate of drug-likeness (QED) is 0.619. The van der Waals surface area contributed by atoms with Gasteiger partial charge in [-0.1, -0.05) is 6.07 Å². The highest BCUT2D eigenvalue weighted by molar-refractivity contribution is 7.93. The molecule has 1 N–H and O–H groups in total. The molecule has 0 aliphatic carbocycles. The predicted molar refractivity (Wildman–Crippen MR) is 90.3 cm³/mol. The van der Waals surface area contributed by atoms with Crippen LogP contribution >= 0.6 is 0 Å². The van der Waals surface area contributed by atoms with Gasteiger partial charge in [0.05, 0.1) is 16.1 Å². The topological polar surface area (TPSA) is 89.2 Å². The minimum atomic E-state index is -3.77. The number of hydrogen-bond acceptors (Lipinski definition) is 5. The maximum Gasteiger partial charge on any atom is 0.262 e. The SMILES string of the molecule is Cc1ccc2ncccc2c1S(=O)(=O)Nc1ccc2nncn2c1. The average molecular weight is 339 g/mol. The van der Waals surface area contributed by atoms with Gasteiger partial charge >= 0.3 is 0 Å². The van der Waals surface area contributed by atoms with Crippen molar-refractivity contribution in [2.75, 3.05) is 4.72 Å². The van der Waals surface area contributed by atoms with Crippen LogP contribution in [0.1, 0.15) is 5.56 Å². The molecule has 4 aromatic rings. The van der Waals surface area contributed by atoms with Crippen LogP contribution in [0.4, 0.5) is 5.69 Å². The van der Waals surface area contributed by atoms with E-state index >= 15 is 0 Å². The van der Waals surface area contributed by atoms with Gasteiger partial charge in [-0.2, -0.15) is 0 Å². The second-order valence-electron chi connectivity index (χ2n) is 5.40. The van der Waals surface area contributed by atoms with Crippen molar-refractivity contribution in [2.24, 2.45) is 0 Å². The number of rotatable bonds is 3. The summed E-state index contributed by atoms with van der Waals surface area (Å²) < 4.78 is 30.1. The van der Waals surface area contributed by atoms with Crippen LogP contribution in [0.25, 0.3) is 16.6 Å². The summed E-state index contributed by atoms with van der Waals surface area (Å²) in [4.78, 5) is 4.46. The third-order valence-electron chi connectivity index (χ3n) is 3.74. The molecule has 0 atom stereocenters. The second-order valence-corrected chi connectivity index (χ2v) is 7.02. The van der Waals surface area contributed by atoms with Gasteiger partial charge in [-0.25, -0.2) is 8.42 Å². The maximum atomic E-state index is 12.9. The zero-order chi connectivity index (χ0) is 16.7. The highest BCUT2D eigenvalue weighted by atomic mass is 32.2. The molecule has 4 rings (SSSR count). The Morgan fingerprint density at radius 3 is 2.88 bits per heavy atom. The minimum absolute atomic E-state index is 0.233. The standard InChI is InChI=1S/C16H13N5O2S/c1-11-4-6-14-13(3-2-8-17-14)16(11)24(22,23)20-12-5-7-15-19-18-10-21(15)9-12/h2-10,20H,1H3. The number of sulfonamides is 1. The van der Waals surface area contributed by atoms with Gasteiger partial charge in [-0.3, -0.25) is 14.1 Å². The van der Waals surface area contributed by atoms with Gasteiger partial charge in [0.1, 0.15) is 6.33 Å². The van der Waals surface area contributed by atoms with E-state index in [4.69, 9.17) is 0 Å². The number of fused-ring (bicyclic) bond motifs is 2. The largest absolute Gasteiger partial charge is 0.287 e. The van der Waals surface area contributed by atoms with Crippen molar-refractivity contribution < 1.29 is 8.42 Å². The Morgan fingerprint density at radius 1 is 1.12 bits per heavy atom. The Labute approximate surface area is 138 Å².